The van der Waals surface area contributed by atoms with Crippen LogP contribution in [0.25, 0.3) is 16.7 Å². The molecule has 1 aliphatic rings. The van der Waals surface area contributed by atoms with Crippen LogP contribution >= 0.6 is 0 Å². The number of H-pyrrole nitrogens is 1. The molecule has 0 aliphatic carbocycles. The molecule has 2 aromatic carbocycles. The van der Waals surface area contributed by atoms with Gasteiger partial charge in [0.2, 0.25) is 0 Å². The summed E-state index contributed by atoms with van der Waals surface area (Å²) < 4.78 is 5.62. The lowest BCUT2D eigenvalue weighted by Crippen LogP contribution is -2.30. The lowest BCUT2D eigenvalue weighted by Gasteiger charge is -2.25. The Morgan fingerprint density at radius 2 is 1.84 bits per heavy atom. The zero-order valence-corrected chi connectivity index (χ0v) is 17.0. The van der Waals surface area contributed by atoms with E-state index >= 15 is 0 Å². The second-order valence-electron chi connectivity index (χ2n) is 7.65. The minimum Gasteiger partial charge on any atom is -0.507 e. The number of aliphatic hydroxyl groups is 1. The summed E-state index contributed by atoms with van der Waals surface area (Å²) in [7, 11) is 0. The first-order valence-electron chi connectivity index (χ1n) is 9.96. The summed E-state index contributed by atoms with van der Waals surface area (Å²) in [6, 6.07) is 15.6. The normalized spacial score (nSPS) is 18.3. The van der Waals surface area contributed by atoms with Crippen molar-refractivity contribution in [1.82, 2.24) is 4.98 Å². The van der Waals surface area contributed by atoms with Gasteiger partial charge in [-0.15, -0.1) is 0 Å². The molecule has 6 heteroatoms. The SMILES string of the molecule is Cc1cccc(N2C(=O)C(=O)/C(=C(\O)c3c[nH]c4ccccc34)C2c2ccco2)c1C. The number of furan rings is 1. The highest BCUT2D eigenvalue weighted by Crippen LogP contribution is 2.44. The lowest BCUT2D eigenvalue weighted by molar-refractivity contribution is -0.132. The van der Waals surface area contributed by atoms with Crippen molar-refractivity contribution < 1.29 is 19.1 Å². The number of aromatic nitrogens is 1. The number of para-hydroxylation sites is 1. The van der Waals surface area contributed by atoms with E-state index in [2.05, 4.69) is 4.98 Å². The second-order valence-corrected chi connectivity index (χ2v) is 7.65. The number of aliphatic hydroxyl groups excluding tert-OH is 1. The molecule has 4 aromatic rings. The van der Waals surface area contributed by atoms with Gasteiger partial charge < -0.3 is 14.5 Å². The third-order valence-corrected chi connectivity index (χ3v) is 5.94. The van der Waals surface area contributed by atoms with Crippen LogP contribution in [0.1, 0.15) is 28.5 Å². The summed E-state index contributed by atoms with van der Waals surface area (Å²) in [5, 5.41) is 12.0. The van der Waals surface area contributed by atoms with E-state index in [1.807, 2.05) is 50.2 Å². The third-order valence-electron chi connectivity index (χ3n) is 5.94. The van der Waals surface area contributed by atoms with Crippen molar-refractivity contribution >= 4 is 34.0 Å². The van der Waals surface area contributed by atoms with Gasteiger partial charge in [-0.2, -0.15) is 0 Å². The molecule has 5 rings (SSSR count). The first-order chi connectivity index (χ1) is 15.0. The van der Waals surface area contributed by atoms with Crippen LogP contribution in [-0.2, 0) is 9.59 Å². The van der Waals surface area contributed by atoms with Crippen LogP contribution in [0.4, 0.5) is 5.69 Å². The Morgan fingerprint density at radius 3 is 2.61 bits per heavy atom. The molecule has 0 saturated carbocycles. The summed E-state index contributed by atoms with van der Waals surface area (Å²) >= 11 is 0. The number of rotatable bonds is 3. The molecular weight excluding hydrogens is 392 g/mol. The van der Waals surface area contributed by atoms with Crippen molar-refractivity contribution in [3.8, 4) is 0 Å². The number of aromatic amines is 1. The molecule has 1 amide bonds. The predicted molar refractivity (Wildman–Crippen MR) is 118 cm³/mol. The van der Waals surface area contributed by atoms with Crippen LogP contribution in [0.3, 0.4) is 0 Å². The van der Waals surface area contributed by atoms with Gasteiger partial charge in [-0.1, -0.05) is 30.3 Å². The van der Waals surface area contributed by atoms with E-state index in [-0.39, 0.29) is 11.3 Å². The number of nitrogens with one attached hydrogen (secondary N) is 1. The highest BCUT2D eigenvalue weighted by Gasteiger charge is 2.48. The minimum atomic E-state index is -0.871. The molecule has 154 valence electrons. The Hall–Kier alpha value is -4.06. The largest absolute Gasteiger partial charge is 0.507 e. The van der Waals surface area contributed by atoms with Crippen LogP contribution < -0.4 is 4.90 Å². The number of hydrogen-bond acceptors (Lipinski definition) is 4. The van der Waals surface area contributed by atoms with Gasteiger partial charge in [0.25, 0.3) is 11.7 Å². The number of ketones is 1. The molecule has 31 heavy (non-hydrogen) atoms. The van der Waals surface area contributed by atoms with Crippen molar-refractivity contribution in [1.29, 1.82) is 0 Å². The van der Waals surface area contributed by atoms with Crippen molar-refractivity contribution in [2.45, 2.75) is 19.9 Å². The van der Waals surface area contributed by atoms with Crippen LogP contribution in [0, 0.1) is 13.8 Å². The van der Waals surface area contributed by atoms with Crippen molar-refractivity contribution in [3.63, 3.8) is 0 Å². The van der Waals surface area contributed by atoms with Gasteiger partial charge in [0.1, 0.15) is 17.6 Å². The Bertz CT molecular complexity index is 1360. The van der Waals surface area contributed by atoms with E-state index < -0.39 is 17.7 Å². The number of carbonyl (C=O) groups is 2. The Labute approximate surface area is 178 Å². The molecule has 1 unspecified atom stereocenters. The summed E-state index contributed by atoms with van der Waals surface area (Å²) in [6.45, 7) is 3.85. The fourth-order valence-electron chi connectivity index (χ4n) is 4.21. The Kier molecular flexibility index (Phi) is 4.29. The molecule has 0 bridgehead atoms. The van der Waals surface area contributed by atoms with Crippen molar-refractivity contribution in [2.75, 3.05) is 4.90 Å². The lowest BCUT2D eigenvalue weighted by atomic mass is 9.98. The summed E-state index contributed by atoms with van der Waals surface area (Å²) in [5.41, 5.74) is 3.78. The van der Waals surface area contributed by atoms with Gasteiger partial charge >= 0.3 is 0 Å². The number of carbonyl (C=O) groups excluding carboxylic acids is 2. The fraction of sp³-hybridized carbons (Fsp3) is 0.120. The summed E-state index contributed by atoms with van der Waals surface area (Å²) in [4.78, 5) is 30.9. The molecule has 6 nitrogen and oxygen atoms in total. The van der Waals surface area contributed by atoms with Gasteiger partial charge in [-0.3, -0.25) is 14.5 Å². The number of fused-ring (bicyclic) bond motifs is 1. The van der Waals surface area contributed by atoms with Crippen LogP contribution in [0.5, 0.6) is 0 Å². The van der Waals surface area contributed by atoms with E-state index in [1.165, 1.54) is 11.2 Å². The molecule has 2 N–H and O–H groups in total. The first kappa shape index (κ1) is 18.9. The molecule has 0 spiro atoms. The molecule has 1 atom stereocenters. The topological polar surface area (TPSA) is 86.5 Å². The first-order valence-corrected chi connectivity index (χ1v) is 9.96. The van der Waals surface area contributed by atoms with Crippen molar-refractivity contribution in [3.05, 3.63) is 95.1 Å². The highest BCUT2D eigenvalue weighted by molar-refractivity contribution is 6.51. The van der Waals surface area contributed by atoms with E-state index in [0.29, 0.717) is 17.0 Å². The maximum atomic E-state index is 13.2. The summed E-state index contributed by atoms with van der Waals surface area (Å²) in [6.07, 6.45) is 3.13. The standard InChI is InChI=1S/C25H20N2O4/c1-14-7-5-10-19(15(14)2)27-22(20-11-6-12-31-20)21(24(29)25(27)30)23(28)17-13-26-18-9-4-3-8-16(17)18/h3-13,22,26,28H,1-2H3/b23-21-. The zero-order chi connectivity index (χ0) is 21.7. The Morgan fingerprint density at radius 1 is 1.03 bits per heavy atom. The molecule has 3 heterocycles. The van der Waals surface area contributed by atoms with Crippen molar-refractivity contribution in [2.24, 2.45) is 0 Å². The quantitative estimate of drug-likeness (QED) is 0.282. The second kappa shape index (κ2) is 7.02. The van der Waals surface area contributed by atoms with Gasteiger partial charge in [0.15, 0.2) is 0 Å². The predicted octanol–water partition coefficient (Wildman–Crippen LogP) is 5.00. The summed E-state index contributed by atoms with van der Waals surface area (Å²) in [5.74, 6) is -1.27. The number of aryl methyl sites for hydroxylation is 1. The number of benzene rings is 2. The minimum absolute atomic E-state index is 0.00519. The third kappa shape index (κ3) is 2.79. The molecule has 2 aromatic heterocycles. The van der Waals surface area contributed by atoms with Gasteiger partial charge in [0, 0.05) is 28.4 Å². The van der Waals surface area contributed by atoms with Gasteiger partial charge in [0.05, 0.1) is 11.8 Å². The number of Topliss-reactive ketones (excluding diaryl/α,β-unsaturated/α-hetero) is 1. The van der Waals surface area contributed by atoms with Crippen LogP contribution in [0.2, 0.25) is 0 Å². The smallest absolute Gasteiger partial charge is 0.300 e. The fourth-order valence-corrected chi connectivity index (χ4v) is 4.21. The van der Waals surface area contributed by atoms with Gasteiger partial charge in [-0.05, 0) is 49.2 Å². The maximum Gasteiger partial charge on any atom is 0.300 e. The molecule has 1 saturated heterocycles. The van der Waals surface area contributed by atoms with E-state index in [1.54, 1.807) is 24.4 Å². The number of amides is 1. The van der Waals surface area contributed by atoms with Crippen LogP contribution in [-0.4, -0.2) is 21.8 Å². The molecular formula is C25H20N2O4. The van der Waals surface area contributed by atoms with Crippen LogP contribution in [0.15, 0.2) is 77.0 Å². The van der Waals surface area contributed by atoms with E-state index in [4.69, 9.17) is 4.42 Å². The molecule has 1 aliphatic heterocycles. The van der Waals surface area contributed by atoms with E-state index in [9.17, 15) is 14.7 Å². The molecule has 0 radical (unpaired) electrons. The maximum absolute atomic E-state index is 13.2. The number of hydrogen-bond donors (Lipinski definition) is 2. The molecule has 1 fully saturated rings. The highest BCUT2D eigenvalue weighted by atomic mass is 16.3. The van der Waals surface area contributed by atoms with Gasteiger partial charge in [-0.25, -0.2) is 0 Å². The zero-order valence-electron chi connectivity index (χ0n) is 17.0. The van der Waals surface area contributed by atoms with E-state index in [0.717, 1.165) is 22.0 Å². The Balaban J connectivity index is 1.77. The average molecular weight is 412 g/mol. The number of anilines is 1. The number of nitrogens with zero attached hydrogens (tertiary/aromatic N) is 1. The monoisotopic (exact) mass is 412 g/mol. The average Bonchev–Trinajstić information content (AvgIpc) is 3.49.